The number of aromatic nitrogens is 1. The Bertz CT molecular complexity index is 580. The molecule has 0 saturated carbocycles. The number of rotatable bonds is 3. The minimum absolute atomic E-state index is 0.130. The summed E-state index contributed by atoms with van der Waals surface area (Å²) in [6, 6.07) is 6.23. The zero-order valence-electron chi connectivity index (χ0n) is 9.03. The average Bonchev–Trinajstić information content (AvgIpc) is 2.35. The van der Waals surface area contributed by atoms with Crippen molar-refractivity contribution in [2.24, 2.45) is 0 Å². The molecule has 0 spiro atoms. The summed E-state index contributed by atoms with van der Waals surface area (Å²) >= 11 is 9.05. The van der Waals surface area contributed by atoms with Crippen molar-refractivity contribution in [1.82, 2.24) is 4.98 Å². The van der Waals surface area contributed by atoms with Crippen LogP contribution in [-0.4, -0.2) is 10.1 Å². The lowest BCUT2D eigenvalue weighted by atomic mass is 10.2. The summed E-state index contributed by atoms with van der Waals surface area (Å²) in [4.78, 5) is 3.78. The molecule has 0 bridgehead atoms. The van der Waals surface area contributed by atoms with E-state index in [1.54, 1.807) is 18.2 Å². The maximum Gasteiger partial charge on any atom is 0.256 e. The van der Waals surface area contributed by atoms with Crippen LogP contribution in [0.2, 0.25) is 5.02 Å². The Labute approximate surface area is 116 Å². The van der Waals surface area contributed by atoms with E-state index >= 15 is 0 Å². The van der Waals surface area contributed by atoms with Crippen molar-refractivity contribution >= 4 is 27.5 Å². The molecule has 0 atom stereocenters. The zero-order chi connectivity index (χ0) is 13.1. The molecular formula is C12H8BrClFNO2. The second kappa shape index (κ2) is 5.65. The van der Waals surface area contributed by atoms with Crippen LogP contribution in [0, 0.1) is 5.82 Å². The predicted molar refractivity (Wildman–Crippen MR) is 69.3 cm³/mol. The lowest BCUT2D eigenvalue weighted by Gasteiger charge is -2.09. The molecule has 0 aliphatic rings. The Hall–Kier alpha value is -1.17. The summed E-state index contributed by atoms with van der Waals surface area (Å²) in [7, 11) is 0. The van der Waals surface area contributed by atoms with E-state index in [0.29, 0.717) is 15.2 Å². The fraction of sp³-hybridized carbons (Fsp3) is 0.0833. The highest BCUT2D eigenvalue weighted by Crippen LogP contribution is 2.32. The van der Waals surface area contributed by atoms with E-state index < -0.39 is 12.4 Å². The number of halogens is 3. The van der Waals surface area contributed by atoms with E-state index in [-0.39, 0.29) is 11.4 Å². The molecule has 1 N–H and O–H groups in total. The first kappa shape index (κ1) is 13.3. The molecule has 94 valence electrons. The van der Waals surface area contributed by atoms with Gasteiger partial charge >= 0.3 is 0 Å². The largest absolute Gasteiger partial charge is 0.435 e. The highest BCUT2D eigenvalue weighted by Gasteiger charge is 2.12. The van der Waals surface area contributed by atoms with Gasteiger partial charge in [0.15, 0.2) is 5.82 Å². The van der Waals surface area contributed by atoms with Gasteiger partial charge in [-0.05, 0) is 40.2 Å². The van der Waals surface area contributed by atoms with E-state index in [4.69, 9.17) is 21.4 Å². The molecule has 0 saturated heterocycles. The van der Waals surface area contributed by atoms with Crippen molar-refractivity contribution in [2.75, 3.05) is 0 Å². The quantitative estimate of drug-likeness (QED) is 0.926. The van der Waals surface area contributed by atoms with E-state index in [0.717, 1.165) is 0 Å². The van der Waals surface area contributed by atoms with Crippen molar-refractivity contribution in [3.05, 3.63) is 51.3 Å². The van der Waals surface area contributed by atoms with Gasteiger partial charge in [0.1, 0.15) is 5.75 Å². The SMILES string of the molecule is OCc1ccnc(Oc2ccc(Cl)cc2Br)c1F. The van der Waals surface area contributed by atoms with Gasteiger partial charge in [-0.25, -0.2) is 9.37 Å². The fourth-order valence-electron chi connectivity index (χ4n) is 1.32. The Morgan fingerprint density at radius 1 is 1.39 bits per heavy atom. The molecule has 3 nitrogen and oxygen atoms in total. The average molecular weight is 333 g/mol. The summed E-state index contributed by atoms with van der Waals surface area (Å²) < 4.78 is 19.7. The molecule has 0 radical (unpaired) electrons. The van der Waals surface area contributed by atoms with Gasteiger partial charge in [0.25, 0.3) is 5.88 Å². The Balaban J connectivity index is 2.34. The van der Waals surface area contributed by atoms with Crippen LogP contribution in [-0.2, 0) is 6.61 Å². The number of aliphatic hydroxyl groups is 1. The van der Waals surface area contributed by atoms with E-state index in [9.17, 15) is 4.39 Å². The molecular weight excluding hydrogens is 324 g/mol. The highest BCUT2D eigenvalue weighted by molar-refractivity contribution is 9.10. The summed E-state index contributed by atoms with van der Waals surface area (Å²) in [5, 5.41) is 9.48. The third kappa shape index (κ3) is 2.80. The molecule has 0 unspecified atom stereocenters. The third-order valence-corrected chi connectivity index (χ3v) is 3.06. The molecule has 2 rings (SSSR count). The molecule has 18 heavy (non-hydrogen) atoms. The number of hydrogen-bond donors (Lipinski definition) is 1. The van der Waals surface area contributed by atoms with Crippen molar-refractivity contribution in [2.45, 2.75) is 6.61 Å². The van der Waals surface area contributed by atoms with Crippen molar-refractivity contribution in [3.63, 3.8) is 0 Å². The number of benzene rings is 1. The van der Waals surface area contributed by atoms with Crippen molar-refractivity contribution < 1.29 is 14.2 Å². The Morgan fingerprint density at radius 3 is 2.83 bits per heavy atom. The predicted octanol–water partition coefficient (Wildman–Crippen LogP) is 3.92. The highest BCUT2D eigenvalue weighted by atomic mass is 79.9. The van der Waals surface area contributed by atoms with Crippen LogP contribution in [0.1, 0.15) is 5.56 Å². The Kier molecular flexibility index (Phi) is 4.16. The van der Waals surface area contributed by atoms with E-state index in [1.807, 2.05) is 0 Å². The number of ether oxygens (including phenoxy) is 1. The summed E-state index contributed by atoms with van der Waals surface area (Å²) in [6.45, 7) is -0.410. The van der Waals surface area contributed by atoms with E-state index in [2.05, 4.69) is 20.9 Å². The number of nitrogens with zero attached hydrogens (tertiary/aromatic N) is 1. The van der Waals surface area contributed by atoms with Gasteiger partial charge in [-0.3, -0.25) is 0 Å². The van der Waals surface area contributed by atoms with Crippen LogP contribution in [0.15, 0.2) is 34.9 Å². The van der Waals surface area contributed by atoms with Gasteiger partial charge in [0, 0.05) is 16.8 Å². The van der Waals surface area contributed by atoms with Crippen LogP contribution < -0.4 is 4.74 Å². The number of hydrogen-bond acceptors (Lipinski definition) is 3. The molecule has 0 aliphatic carbocycles. The third-order valence-electron chi connectivity index (χ3n) is 2.21. The van der Waals surface area contributed by atoms with Crippen molar-refractivity contribution in [1.29, 1.82) is 0 Å². The van der Waals surface area contributed by atoms with Gasteiger partial charge in [0.05, 0.1) is 11.1 Å². The standard InChI is InChI=1S/C12H8BrClFNO2/c13-9-5-8(14)1-2-10(9)18-12-11(15)7(6-17)3-4-16-12/h1-5,17H,6H2. The molecule has 0 amide bonds. The summed E-state index contributed by atoms with van der Waals surface area (Å²) in [5.74, 6) is -0.479. The molecule has 6 heteroatoms. The molecule has 1 aromatic carbocycles. The molecule has 1 aromatic heterocycles. The van der Waals surface area contributed by atoms with Crippen LogP contribution in [0.3, 0.4) is 0 Å². The van der Waals surface area contributed by atoms with Gasteiger partial charge in [-0.1, -0.05) is 11.6 Å². The topological polar surface area (TPSA) is 42.4 Å². The van der Waals surface area contributed by atoms with Crippen molar-refractivity contribution in [3.8, 4) is 11.6 Å². The molecule has 1 heterocycles. The van der Waals surface area contributed by atoms with Gasteiger partial charge in [-0.15, -0.1) is 0 Å². The fourth-order valence-corrected chi connectivity index (χ4v) is 2.08. The smallest absolute Gasteiger partial charge is 0.256 e. The summed E-state index contributed by atoms with van der Waals surface area (Å²) in [5.41, 5.74) is 0.130. The normalized spacial score (nSPS) is 10.4. The Morgan fingerprint density at radius 2 is 2.17 bits per heavy atom. The van der Waals surface area contributed by atoms with Gasteiger partial charge < -0.3 is 9.84 Å². The van der Waals surface area contributed by atoms with Crippen LogP contribution >= 0.6 is 27.5 Å². The van der Waals surface area contributed by atoms with Crippen LogP contribution in [0.4, 0.5) is 4.39 Å². The second-order valence-electron chi connectivity index (χ2n) is 3.42. The van der Waals surface area contributed by atoms with Crippen LogP contribution in [0.5, 0.6) is 11.6 Å². The van der Waals surface area contributed by atoms with Gasteiger partial charge in [0.2, 0.25) is 0 Å². The first-order valence-electron chi connectivity index (χ1n) is 4.99. The molecule has 0 fully saturated rings. The number of pyridine rings is 1. The lowest BCUT2D eigenvalue weighted by Crippen LogP contribution is -1.97. The van der Waals surface area contributed by atoms with Gasteiger partial charge in [-0.2, -0.15) is 0 Å². The summed E-state index contributed by atoms with van der Waals surface area (Å²) in [6.07, 6.45) is 1.37. The monoisotopic (exact) mass is 331 g/mol. The zero-order valence-corrected chi connectivity index (χ0v) is 11.4. The maximum atomic E-state index is 13.8. The second-order valence-corrected chi connectivity index (χ2v) is 4.71. The first-order chi connectivity index (χ1) is 8.61. The minimum atomic E-state index is -0.679. The lowest BCUT2D eigenvalue weighted by molar-refractivity contribution is 0.273. The molecule has 0 aliphatic heterocycles. The number of aliphatic hydroxyl groups excluding tert-OH is 1. The maximum absolute atomic E-state index is 13.8. The first-order valence-corrected chi connectivity index (χ1v) is 6.16. The molecule has 2 aromatic rings. The van der Waals surface area contributed by atoms with Crippen LogP contribution in [0.25, 0.3) is 0 Å². The minimum Gasteiger partial charge on any atom is -0.435 e. The van der Waals surface area contributed by atoms with E-state index in [1.165, 1.54) is 12.3 Å².